The van der Waals surface area contributed by atoms with E-state index in [9.17, 15) is 4.79 Å². The molecule has 0 bridgehead atoms. The van der Waals surface area contributed by atoms with Crippen LogP contribution in [0.2, 0.25) is 0 Å². The third kappa shape index (κ3) is 3.67. The quantitative estimate of drug-likeness (QED) is 0.757. The van der Waals surface area contributed by atoms with Gasteiger partial charge in [0.15, 0.2) is 18.1 Å². The van der Waals surface area contributed by atoms with Gasteiger partial charge in [-0.2, -0.15) is 0 Å². The number of para-hydroxylation sites is 2. The Morgan fingerprint density at radius 2 is 2.00 bits per heavy atom. The number of amides is 1. The maximum Gasteiger partial charge on any atom is 0.261 e. The average Bonchev–Trinajstić information content (AvgIpc) is 3.08. The molecule has 26 heavy (non-hydrogen) atoms. The van der Waals surface area contributed by atoms with Gasteiger partial charge in [0.2, 0.25) is 0 Å². The first-order valence-corrected chi connectivity index (χ1v) is 8.74. The molecule has 0 saturated carbocycles. The maximum atomic E-state index is 12.7. The van der Waals surface area contributed by atoms with Crippen LogP contribution in [0.3, 0.4) is 0 Å². The lowest BCUT2D eigenvalue weighted by atomic mass is 10.2. The van der Waals surface area contributed by atoms with E-state index in [1.165, 1.54) is 0 Å². The van der Waals surface area contributed by atoms with Crippen LogP contribution in [0.15, 0.2) is 30.5 Å². The number of rotatable bonds is 7. The zero-order valence-electron chi connectivity index (χ0n) is 15.5. The summed E-state index contributed by atoms with van der Waals surface area (Å²) in [7, 11) is 3.27. The number of hydrogen-bond acceptors (Lipinski definition) is 5. The van der Waals surface area contributed by atoms with Crippen LogP contribution in [0.4, 0.5) is 0 Å². The summed E-state index contributed by atoms with van der Waals surface area (Å²) < 4.78 is 18.3. The lowest BCUT2D eigenvalue weighted by molar-refractivity contribution is -0.136. The molecule has 0 spiro atoms. The van der Waals surface area contributed by atoms with Crippen LogP contribution < -0.4 is 9.47 Å². The van der Waals surface area contributed by atoms with Gasteiger partial charge < -0.3 is 23.7 Å². The minimum absolute atomic E-state index is 0.0258. The molecule has 1 aromatic heterocycles. The van der Waals surface area contributed by atoms with E-state index in [1.54, 1.807) is 20.3 Å². The first-order valence-electron chi connectivity index (χ1n) is 8.74. The summed E-state index contributed by atoms with van der Waals surface area (Å²) in [6.07, 6.45) is 2.70. The Morgan fingerprint density at radius 1 is 1.23 bits per heavy atom. The van der Waals surface area contributed by atoms with Gasteiger partial charge in [-0.1, -0.05) is 12.1 Å². The summed E-state index contributed by atoms with van der Waals surface area (Å²) in [5.74, 6) is 2.03. The molecule has 0 N–H and O–H groups in total. The van der Waals surface area contributed by atoms with E-state index in [0.717, 1.165) is 24.5 Å². The molecule has 1 aliphatic rings. The van der Waals surface area contributed by atoms with E-state index in [-0.39, 0.29) is 18.6 Å². The summed E-state index contributed by atoms with van der Waals surface area (Å²) >= 11 is 0. The van der Waals surface area contributed by atoms with Gasteiger partial charge in [-0.25, -0.2) is 4.98 Å². The highest BCUT2D eigenvalue weighted by Crippen LogP contribution is 2.28. The molecular weight excluding hydrogens is 334 g/mol. The molecule has 0 radical (unpaired) electrons. The Labute approximate surface area is 153 Å². The zero-order chi connectivity index (χ0) is 18.5. The molecule has 1 amide bonds. The molecule has 2 aromatic rings. The number of fused-ring (bicyclic) bond motifs is 1. The zero-order valence-corrected chi connectivity index (χ0v) is 15.5. The van der Waals surface area contributed by atoms with E-state index < -0.39 is 0 Å². The van der Waals surface area contributed by atoms with E-state index in [1.807, 2.05) is 36.2 Å². The van der Waals surface area contributed by atoms with Crippen LogP contribution >= 0.6 is 0 Å². The van der Waals surface area contributed by atoms with Gasteiger partial charge in [-0.15, -0.1) is 0 Å². The fraction of sp³-hybridized carbons (Fsp3) is 0.474. The number of nitrogens with zero attached hydrogens (tertiary/aromatic N) is 3. The molecule has 2 heterocycles. The Bertz CT molecular complexity index is 759. The fourth-order valence-corrected chi connectivity index (χ4v) is 3.27. The van der Waals surface area contributed by atoms with Crippen molar-refractivity contribution in [3.05, 3.63) is 42.0 Å². The summed E-state index contributed by atoms with van der Waals surface area (Å²) in [4.78, 5) is 19.0. The smallest absolute Gasteiger partial charge is 0.261 e. The van der Waals surface area contributed by atoms with Crippen molar-refractivity contribution in [3.8, 4) is 11.5 Å². The molecule has 7 heteroatoms. The molecule has 1 unspecified atom stereocenters. The van der Waals surface area contributed by atoms with E-state index in [4.69, 9.17) is 14.2 Å². The van der Waals surface area contributed by atoms with Crippen molar-refractivity contribution in [2.75, 3.05) is 34.0 Å². The van der Waals surface area contributed by atoms with Crippen LogP contribution in [-0.2, 0) is 22.5 Å². The van der Waals surface area contributed by atoms with Gasteiger partial charge in [0, 0.05) is 38.5 Å². The minimum Gasteiger partial charge on any atom is -0.493 e. The van der Waals surface area contributed by atoms with Crippen LogP contribution in [0, 0.1) is 0 Å². The second-order valence-corrected chi connectivity index (χ2v) is 6.20. The summed E-state index contributed by atoms with van der Waals surface area (Å²) in [6.45, 7) is 4.01. The van der Waals surface area contributed by atoms with Crippen molar-refractivity contribution in [1.82, 2.24) is 14.5 Å². The summed E-state index contributed by atoms with van der Waals surface area (Å²) in [6, 6.07) is 7.22. The number of carbonyl (C=O) groups excluding carboxylic acids is 1. The topological polar surface area (TPSA) is 65.8 Å². The third-order valence-corrected chi connectivity index (χ3v) is 4.68. The van der Waals surface area contributed by atoms with Gasteiger partial charge in [-0.3, -0.25) is 4.79 Å². The van der Waals surface area contributed by atoms with Crippen LogP contribution in [0.5, 0.6) is 11.5 Å². The van der Waals surface area contributed by atoms with Gasteiger partial charge in [-0.05, 0) is 19.1 Å². The molecule has 0 fully saturated rings. The van der Waals surface area contributed by atoms with E-state index >= 15 is 0 Å². The number of carbonyl (C=O) groups is 1. The lowest BCUT2D eigenvalue weighted by Crippen LogP contribution is -2.43. The van der Waals surface area contributed by atoms with Crippen LogP contribution in [0.1, 0.15) is 24.5 Å². The summed E-state index contributed by atoms with van der Waals surface area (Å²) in [5, 5.41) is 0. The van der Waals surface area contributed by atoms with Gasteiger partial charge in [0.05, 0.1) is 19.8 Å². The summed E-state index contributed by atoms with van der Waals surface area (Å²) in [5.41, 5.74) is 1.14. The van der Waals surface area contributed by atoms with Crippen LogP contribution in [-0.4, -0.2) is 54.3 Å². The van der Waals surface area contributed by atoms with Crippen molar-refractivity contribution in [1.29, 1.82) is 0 Å². The Hall–Kier alpha value is -2.54. The van der Waals surface area contributed by atoms with Gasteiger partial charge in [0.25, 0.3) is 5.91 Å². The first-order chi connectivity index (χ1) is 12.7. The Kier molecular flexibility index (Phi) is 5.78. The highest BCUT2D eigenvalue weighted by molar-refractivity contribution is 5.78. The molecule has 140 valence electrons. The molecule has 1 atom stereocenters. The Morgan fingerprint density at radius 3 is 2.73 bits per heavy atom. The molecule has 7 nitrogen and oxygen atoms in total. The predicted octanol–water partition coefficient (Wildman–Crippen LogP) is 2.06. The van der Waals surface area contributed by atoms with Crippen molar-refractivity contribution < 1.29 is 19.0 Å². The van der Waals surface area contributed by atoms with Crippen LogP contribution in [0.25, 0.3) is 0 Å². The van der Waals surface area contributed by atoms with E-state index in [2.05, 4.69) is 9.55 Å². The fourth-order valence-electron chi connectivity index (χ4n) is 3.27. The van der Waals surface area contributed by atoms with Crippen molar-refractivity contribution in [3.63, 3.8) is 0 Å². The second-order valence-electron chi connectivity index (χ2n) is 6.20. The number of aromatic nitrogens is 2. The lowest BCUT2D eigenvalue weighted by Gasteiger charge is -2.34. The highest BCUT2D eigenvalue weighted by atomic mass is 16.5. The van der Waals surface area contributed by atoms with Crippen molar-refractivity contribution >= 4 is 5.91 Å². The average molecular weight is 359 g/mol. The molecule has 0 aliphatic carbocycles. The number of imidazole rings is 1. The Balaban J connectivity index is 1.65. The molecule has 3 rings (SSSR count). The second kappa shape index (κ2) is 8.23. The SMILES string of the molecule is COCCc1cnc2n1CCN(C(=O)COc1ccccc1OC)C2C. The standard InChI is InChI=1S/C19H25N3O4/c1-14-19-20-12-15(8-11-24-2)22(19)10-9-21(14)18(23)13-26-17-7-5-4-6-16(17)25-3/h4-7,12,14H,8-11,13H2,1-3H3. The molecular formula is C19H25N3O4. The minimum atomic E-state index is -0.0891. The molecule has 1 aliphatic heterocycles. The number of methoxy groups -OCH3 is 2. The van der Waals surface area contributed by atoms with Crippen molar-refractivity contribution in [2.24, 2.45) is 0 Å². The monoisotopic (exact) mass is 359 g/mol. The molecule has 0 saturated heterocycles. The van der Waals surface area contributed by atoms with E-state index in [0.29, 0.717) is 24.7 Å². The first kappa shape index (κ1) is 18.3. The van der Waals surface area contributed by atoms with Crippen molar-refractivity contribution in [2.45, 2.75) is 25.9 Å². The predicted molar refractivity (Wildman–Crippen MR) is 96.4 cm³/mol. The maximum absolute atomic E-state index is 12.7. The van der Waals surface area contributed by atoms with Gasteiger partial charge in [0.1, 0.15) is 5.82 Å². The number of benzene rings is 1. The highest BCUT2D eigenvalue weighted by Gasteiger charge is 2.30. The van der Waals surface area contributed by atoms with Gasteiger partial charge >= 0.3 is 0 Å². The largest absolute Gasteiger partial charge is 0.493 e. The normalized spacial score (nSPS) is 16.3. The number of hydrogen-bond donors (Lipinski definition) is 0. The third-order valence-electron chi connectivity index (χ3n) is 4.68. The molecule has 1 aromatic carbocycles. The number of ether oxygens (including phenoxy) is 3.